The molecule has 0 bridgehead atoms. The Bertz CT molecular complexity index is 1200. The van der Waals surface area contributed by atoms with Gasteiger partial charge in [-0.25, -0.2) is 9.37 Å². The quantitative estimate of drug-likeness (QED) is 0.231. The number of imidazole rings is 1. The Morgan fingerprint density at radius 3 is 2.14 bits per heavy atom. The van der Waals surface area contributed by atoms with Crippen LogP contribution in [0.1, 0.15) is 50.9 Å². The molecule has 188 valence electrons. The molecule has 4 aromatic rings. The van der Waals surface area contributed by atoms with E-state index in [-0.39, 0.29) is 23.5 Å². The summed E-state index contributed by atoms with van der Waals surface area (Å²) in [6, 6.07) is 27.7. The van der Waals surface area contributed by atoms with Gasteiger partial charge in [0.15, 0.2) is 0 Å². The van der Waals surface area contributed by atoms with Crippen LogP contribution in [0, 0.1) is 5.82 Å². The third kappa shape index (κ3) is 5.36. The van der Waals surface area contributed by atoms with Crippen molar-refractivity contribution in [3.05, 3.63) is 115 Å². The molecule has 6 heteroatoms. The van der Waals surface area contributed by atoms with Gasteiger partial charge in [0.2, 0.25) is 0 Å². The van der Waals surface area contributed by atoms with Gasteiger partial charge in [-0.15, -0.1) is 0 Å². The fourth-order valence-electron chi connectivity index (χ4n) is 5.18. The first kappa shape index (κ1) is 26.0. The molecule has 1 unspecified atom stereocenters. The van der Waals surface area contributed by atoms with Gasteiger partial charge in [0.05, 0.1) is 30.9 Å². The number of aliphatic hydroxyl groups excluding tert-OH is 1. The lowest BCUT2D eigenvalue weighted by atomic mass is 10.0. The van der Waals surface area contributed by atoms with Crippen molar-refractivity contribution in [1.82, 2.24) is 9.55 Å². The van der Waals surface area contributed by atoms with E-state index in [0.29, 0.717) is 12.3 Å². The summed E-state index contributed by atoms with van der Waals surface area (Å²) in [5.41, 5.74) is 1.56. The number of hydrogen-bond acceptors (Lipinski definition) is 3. The molecule has 0 aliphatic heterocycles. The average Bonchev–Trinajstić information content (AvgIpc) is 3.35. The van der Waals surface area contributed by atoms with E-state index in [9.17, 15) is 9.50 Å². The molecule has 4 rings (SSSR count). The molecular formula is C30H35FN2O2Si. The Morgan fingerprint density at radius 1 is 0.944 bits per heavy atom. The largest absolute Gasteiger partial charge is 0.407 e. The highest BCUT2D eigenvalue weighted by Gasteiger charge is 2.49. The van der Waals surface area contributed by atoms with E-state index in [0.717, 1.165) is 18.4 Å². The maximum Gasteiger partial charge on any atom is 0.261 e. The van der Waals surface area contributed by atoms with Crippen molar-refractivity contribution in [3.63, 3.8) is 0 Å². The zero-order chi connectivity index (χ0) is 25.6. The van der Waals surface area contributed by atoms with E-state index in [1.165, 1.54) is 16.4 Å². The van der Waals surface area contributed by atoms with E-state index in [1.807, 2.05) is 22.8 Å². The Hall–Kier alpha value is -3.06. The van der Waals surface area contributed by atoms with Crippen LogP contribution in [0.3, 0.4) is 0 Å². The van der Waals surface area contributed by atoms with E-state index >= 15 is 0 Å². The highest BCUT2D eigenvalue weighted by molar-refractivity contribution is 6.99. The van der Waals surface area contributed by atoms with Crippen LogP contribution >= 0.6 is 0 Å². The molecule has 4 nitrogen and oxygen atoms in total. The van der Waals surface area contributed by atoms with Crippen LogP contribution in [0.15, 0.2) is 97.5 Å². The van der Waals surface area contributed by atoms with Crippen molar-refractivity contribution in [2.45, 2.75) is 51.3 Å². The van der Waals surface area contributed by atoms with Crippen LogP contribution in [0.4, 0.5) is 4.39 Å². The highest BCUT2D eigenvalue weighted by atomic mass is 28.4. The number of halogens is 1. The molecular weight excluding hydrogens is 467 g/mol. The molecule has 1 atom stereocenters. The molecule has 0 spiro atoms. The number of benzene rings is 3. The molecule has 3 aromatic carbocycles. The maximum atomic E-state index is 14.1. The highest BCUT2D eigenvalue weighted by Crippen LogP contribution is 2.37. The van der Waals surface area contributed by atoms with Crippen LogP contribution in [-0.4, -0.2) is 29.6 Å². The number of nitrogens with zero attached hydrogens (tertiary/aromatic N) is 2. The van der Waals surface area contributed by atoms with E-state index in [2.05, 4.69) is 74.3 Å². The number of rotatable bonds is 10. The van der Waals surface area contributed by atoms with Gasteiger partial charge in [-0.3, -0.25) is 0 Å². The van der Waals surface area contributed by atoms with Crippen molar-refractivity contribution in [1.29, 1.82) is 0 Å². The van der Waals surface area contributed by atoms with Gasteiger partial charge in [0, 0.05) is 6.61 Å². The molecule has 1 heterocycles. The molecule has 0 aliphatic rings. The standard InChI is InChI=1S/C30H35FN2O2Si/c1-30(2,3)36(27-14-6-4-7-15-27,28-16-8-5-9-17-28)35-19-11-18-29(24-12-10-13-25(31)20-24)33-23-32-21-26(33)22-34/h4-10,12-17,20-21,23,29,34H,11,18-19,22H2,1-3H3. The van der Waals surface area contributed by atoms with E-state index in [1.54, 1.807) is 24.7 Å². The summed E-state index contributed by atoms with van der Waals surface area (Å²) in [5.74, 6) is -0.272. The first-order valence-corrected chi connectivity index (χ1v) is 14.4. The lowest BCUT2D eigenvalue weighted by molar-refractivity contribution is 0.261. The lowest BCUT2D eigenvalue weighted by Crippen LogP contribution is -2.66. The Labute approximate surface area is 214 Å². The van der Waals surface area contributed by atoms with Crippen molar-refractivity contribution < 1.29 is 13.9 Å². The zero-order valence-corrected chi connectivity index (χ0v) is 22.3. The molecule has 0 radical (unpaired) electrons. The fraction of sp³-hybridized carbons (Fsp3) is 0.300. The van der Waals surface area contributed by atoms with E-state index < -0.39 is 8.32 Å². The summed E-state index contributed by atoms with van der Waals surface area (Å²) >= 11 is 0. The van der Waals surface area contributed by atoms with Crippen LogP contribution in [0.25, 0.3) is 0 Å². The maximum absolute atomic E-state index is 14.1. The second kappa shape index (κ2) is 11.3. The number of aromatic nitrogens is 2. The average molecular weight is 503 g/mol. The summed E-state index contributed by atoms with van der Waals surface area (Å²) in [6.07, 6.45) is 4.87. The third-order valence-electron chi connectivity index (χ3n) is 6.83. The second-order valence-corrected chi connectivity index (χ2v) is 14.5. The third-order valence-corrected chi connectivity index (χ3v) is 11.9. The van der Waals surface area contributed by atoms with Gasteiger partial charge in [0.25, 0.3) is 8.32 Å². The monoisotopic (exact) mass is 502 g/mol. The molecule has 0 aliphatic carbocycles. The van der Waals surface area contributed by atoms with Crippen molar-refractivity contribution in [2.75, 3.05) is 6.61 Å². The molecule has 1 N–H and O–H groups in total. The first-order valence-electron chi connectivity index (χ1n) is 12.5. The molecule has 1 aromatic heterocycles. The molecule has 0 fully saturated rings. The predicted molar refractivity (Wildman–Crippen MR) is 145 cm³/mol. The smallest absolute Gasteiger partial charge is 0.261 e. The Balaban J connectivity index is 1.62. The minimum atomic E-state index is -2.61. The number of aliphatic hydroxyl groups is 1. The van der Waals surface area contributed by atoms with Gasteiger partial charge < -0.3 is 14.1 Å². The summed E-state index contributed by atoms with van der Waals surface area (Å²) in [6.45, 7) is 7.27. The lowest BCUT2D eigenvalue weighted by Gasteiger charge is -2.43. The molecule has 0 saturated heterocycles. The summed E-state index contributed by atoms with van der Waals surface area (Å²) in [7, 11) is -2.61. The van der Waals surface area contributed by atoms with Crippen LogP contribution in [-0.2, 0) is 11.0 Å². The zero-order valence-electron chi connectivity index (χ0n) is 21.3. The Morgan fingerprint density at radius 2 is 1.58 bits per heavy atom. The van der Waals surface area contributed by atoms with Crippen LogP contribution < -0.4 is 10.4 Å². The summed E-state index contributed by atoms with van der Waals surface area (Å²) < 4.78 is 23.1. The van der Waals surface area contributed by atoms with Gasteiger partial charge in [-0.2, -0.15) is 0 Å². The van der Waals surface area contributed by atoms with Gasteiger partial charge >= 0.3 is 0 Å². The van der Waals surface area contributed by atoms with Gasteiger partial charge in [-0.1, -0.05) is 93.6 Å². The molecule has 0 amide bonds. The minimum Gasteiger partial charge on any atom is -0.407 e. The van der Waals surface area contributed by atoms with Gasteiger partial charge in [-0.05, 0) is 45.9 Å². The van der Waals surface area contributed by atoms with Crippen LogP contribution in [0.2, 0.25) is 5.04 Å². The fourth-order valence-corrected chi connectivity index (χ4v) is 9.78. The van der Waals surface area contributed by atoms with Crippen molar-refractivity contribution >= 4 is 18.7 Å². The Kier molecular flexibility index (Phi) is 8.19. The molecule has 36 heavy (non-hydrogen) atoms. The minimum absolute atomic E-state index is 0.0912. The SMILES string of the molecule is CC(C)(C)[Si](OCCCC(c1cccc(F)c1)n1cncc1CO)(c1ccccc1)c1ccccc1. The number of hydrogen-bond donors (Lipinski definition) is 1. The van der Waals surface area contributed by atoms with Crippen LogP contribution in [0.5, 0.6) is 0 Å². The summed E-state index contributed by atoms with van der Waals surface area (Å²) in [5, 5.41) is 12.2. The second-order valence-electron chi connectivity index (χ2n) is 10.2. The normalized spacial score (nSPS) is 13.0. The van der Waals surface area contributed by atoms with Crippen molar-refractivity contribution in [2.24, 2.45) is 0 Å². The van der Waals surface area contributed by atoms with Crippen molar-refractivity contribution in [3.8, 4) is 0 Å². The topological polar surface area (TPSA) is 47.3 Å². The van der Waals surface area contributed by atoms with E-state index in [4.69, 9.17) is 4.43 Å². The molecule has 0 saturated carbocycles. The first-order chi connectivity index (χ1) is 17.4. The van der Waals surface area contributed by atoms with Gasteiger partial charge in [0.1, 0.15) is 5.82 Å². The predicted octanol–water partition coefficient (Wildman–Crippen LogP) is 5.46. The summed E-state index contributed by atoms with van der Waals surface area (Å²) in [4.78, 5) is 4.23.